The summed E-state index contributed by atoms with van der Waals surface area (Å²) in [6.07, 6.45) is 3.88. The molecule has 0 spiro atoms. The van der Waals surface area contributed by atoms with Gasteiger partial charge < -0.3 is 9.47 Å². The molecule has 4 atom stereocenters. The van der Waals surface area contributed by atoms with Crippen LogP contribution in [0.25, 0.3) is 0 Å². The van der Waals surface area contributed by atoms with Crippen molar-refractivity contribution in [3.63, 3.8) is 0 Å². The highest BCUT2D eigenvalue weighted by Crippen LogP contribution is 2.92. The number of benzene rings is 2. The zero-order valence-electron chi connectivity index (χ0n) is 14.4. The summed E-state index contributed by atoms with van der Waals surface area (Å²) >= 11 is 0. The van der Waals surface area contributed by atoms with Gasteiger partial charge in [0.1, 0.15) is 0 Å². The van der Waals surface area contributed by atoms with Crippen molar-refractivity contribution < 1.29 is 9.47 Å². The summed E-state index contributed by atoms with van der Waals surface area (Å²) in [5.74, 6) is 0.762. The highest BCUT2D eigenvalue weighted by Gasteiger charge is 3.01. The number of hydrogen-bond acceptors (Lipinski definition) is 2. The van der Waals surface area contributed by atoms with Gasteiger partial charge >= 0.3 is 0 Å². The van der Waals surface area contributed by atoms with Crippen molar-refractivity contribution in [3.8, 4) is 0 Å². The summed E-state index contributed by atoms with van der Waals surface area (Å²) in [4.78, 5) is 0. The average Bonchev–Trinajstić information content (AvgIpc) is 2.86. The Morgan fingerprint density at radius 1 is 0.708 bits per heavy atom. The molecule has 3 fully saturated rings. The number of rotatable bonds is 4. The summed E-state index contributed by atoms with van der Waals surface area (Å²) in [6.45, 7) is 0. The predicted octanol–water partition coefficient (Wildman–Crippen LogP) is 4.30. The lowest BCUT2D eigenvalue weighted by Crippen LogP contribution is -2.49. The molecule has 0 N–H and O–H groups in total. The molecule has 0 aliphatic heterocycles. The Hall–Kier alpha value is -1.64. The van der Waals surface area contributed by atoms with Crippen LogP contribution in [0.4, 0.5) is 0 Å². The lowest BCUT2D eigenvalue weighted by atomic mass is 9.54. The lowest BCUT2D eigenvalue weighted by Gasteiger charge is -2.46. The molecule has 0 heterocycles. The number of fused-ring (bicyclic) bond motifs is 4. The second-order valence-electron chi connectivity index (χ2n) is 7.52. The van der Waals surface area contributed by atoms with Gasteiger partial charge in [-0.1, -0.05) is 67.1 Å². The molecule has 3 saturated carbocycles. The second kappa shape index (κ2) is 4.71. The van der Waals surface area contributed by atoms with Crippen LogP contribution in [0.15, 0.2) is 60.7 Å². The summed E-state index contributed by atoms with van der Waals surface area (Å²) in [7, 11) is 3.65. The van der Waals surface area contributed by atoms with Crippen LogP contribution in [0, 0.1) is 11.8 Å². The zero-order chi connectivity index (χ0) is 16.4. The fourth-order valence-electron chi connectivity index (χ4n) is 6.92. The molecule has 2 nitrogen and oxygen atoms in total. The van der Waals surface area contributed by atoms with Crippen molar-refractivity contribution in [2.24, 2.45) is 11.8 Å². The van der Waals surface area contributed by atoms with E-state index in [0.29, 0.717) is 11.8 Å². The first-order valence-corrected chi connectivity index (χ1v) is 9.02. The molecule has 0 unspecified atom stereocenters. The van der Waals surface area contributed by atoms with Gasteiger partial charge in [-0.15, -0.1) is 0 Å². The van der Waals surface area contributed by atoms with Gasteiger partial charge in [-0.05, 0) is 35.8 Å². The van der Waals surface area contributed by atoms with Crippen LogP contribution >= 0.6 is 0 Å². The fourth-order valence-corrected chi connectivity index (χ4v) is 6.92. The molecule has 5 rings (SSSR count). The number of ether oxygens (including phenoxy) is 2. The van der Waals surface area contributed by atoms with E-state index >= 15 is 0 Å². The van der Waals surface area contributed by atoms with Gasteiger partial charge in [-0.25, -0.2) is 0 Å². The topological polar surface area (TPSA) is 18.5 Å². The van der Waals surface area contributed by atoms with E-state index < -0.39 is 5.79 Å². The maximum atomic E-state index is 6.21. The first kappa shape index (κ1) is 14.7. The van der Waals surface area contributed by atoms with Crippen LogP contribution < -0.4 is 0 Å². The molecule has 2 aromatic carbocycles. The molecule has 0 aromatic heterocycles. The van der Waals surface area contributed by atoms with Gasteiger partial charge in [0.2, 0.25) is 0 Å². The van der Waals surface area contributed by atoms with E-state index in [1.807, 2.05) is 14.2 Å². The van der Waals surface area contributed by atoms with E-state index in [0.717, 1.165) is 0 Å². The third-order valence-corrected chi connectivity index (χ3v) is 7.26. The zero-order valence-corrected chi connectivity index (χ0v) is 14.4. The van der Waals surface area contributed by atoms with Crippen LogP contribution in [0.1, 0.15) is 30.4 Å². The second-order valence-corrected chi connectivity index (χ2v) is 7.52. The van der Waals surface area contributed by atoms with E-state index in [9.17, 15) is 0 Å². The maximum Gasteiger partial charge on any atom is 0.189 e. The average molecular weight is 320 g/mol. The van der Waals surface area contributed by atoms with Crippen LogP contribution in [-0.4, -0.2) is 20.0 Å². The third kappa shape index (κ3) is 1.21. The molecule has 24 heavy (non-hydrogen) atoms. The third-order valence-electron chi connectivity index (χ3n) is 7.26. The van der Waals surface area contributed by atoms with E-state index in [2.05, 4.69) is 60.7 Å². The number of hydrogen-bond donors (Lipinski definition) is 0. The van der Waals surface area contributed by atoms with Crippen molar-refractivity contribution in [1.29, 1.82) is 0 Å². The Morgan fingerprint density at radius 2 is 1.12 bits per heavy atom. The van der Waals surface area contributed by atoms with Gasteiger partial charge in [0.05, 0.1) is 10.8 Å². The van der Waals surface area contributed by atoms with Crippen LogP contribution in [-0.2, 0) is 20.3 Å². The smallest absolute Gasteiger partial charge is 0.189 e. The highest BCUT2D eigenvalue weighted by atomic mass is 16.7. The van der Waals surface area contributed by atoms with Crippen LogP contribution in [0.2, 0.25) is 0 Å². The summed E-state index contributed by atoms with van der Waals surface area (Å²) < 4.78 is 12.4. The van der Waals surface area contributed by atoms with Gasteiger partial charge in [0, 0.05) is 14.2 Å². The Labute approximate surface area is 143 Å². The summed E-state index contributed by atoms with van der Waals surface area (Å²) in [5.41, 5.74) is 2.65. The molecule has 0 amide bonds. The minimum atomic E-state index is -0.543. The normalized spacial score (nSPS) is 38.1. The Morgan fingerprint density at radius 3 is 1.50 bits per heavy atom. The Balaban J connectivity index is 1.80. The van der Waals surface area contributed by atoms with Gasteiger partial charge in [0.15, 0.2) is 5.79 Å². The fraction of sp³-hybridized carbons (Fsp3) is 0.455. The predicted molar refractivity (Wildman–Crippen MR) is 93.8 cm³/mol. The quantitative estimate of drug-likeness (QED) is 0.782. The van der Waals surface area contributed by atoms with Gasteiger partial charge in [0.25, 0.3) is 0 Å². The Kier molecular flexibility index (Phi) is 2.88. The molecule has 3 aliphatic carbocycles. The van der Waals surface area contributed by atoms with E-state index in [1.54, 1.807) is 0 Å². The molecule has 2 aromatic rings. The van der Waals surface area contributed by atoms with E-state index in [4.69, 9.17) is 9.47 Å². The van der Waals surface area contributed by atoms with Crippen molar-refractivity contribution in [3.05, 3.63) is 71.8 Å². The maximum absolute atomic E-state index is 6.21. The molecular formula is C22H24O2. The molecule has 2 heteroatoms. The largest absolute Gasteiger partial charge is 0.351 e. The van der Waals surface area contributed by atoms with Crippen LogP contribution in [0.5, 0.6) is 0 Å². The first-order valence-electron chi connectivity index (χ1n) is 9.02. The molecular weight excluding hydrogens is 296 g/mol. The lowest BCUT2D eigenvalue weighted by molar-refractivity contribution is -0.152. The summed E-state index contributed by atoms with van der Waals surface area (Å²) in [6, 6.07) is 21.9. The van der Waals surface area contributed by atoms with Gasteiger partial charge in [-0.3, -0.25) is 0 Å². The Bertz CT molecular complexity index is 691. The van der Waals surface area contributed by atoms with Crippen molar-refractivity contribution in [2.45, 2.75) is 35.9 Å². The summed E-state index contributed by atoms with van der Waals surface area (Å²) in [5, 5.41) is 0. The van der Waals surface area contributed by atoms with Crippen molar-refractivity contribution in [2.75, 3.05) is 14.2 Å². The SMILES string of the molecule is COC1(OC)[C@]2(c3ccccc3)[C@@H]3CCC[C@@H]3[C@]12c1ccccc1. The molecule has 124 valence electrons. The highest BCUT2D eigenvalue weighted by molar-refractivity contribution is 5.65. The van der Waals surface area contributed by atoms with Crippen molar-refractivity contribution in [1.82, 2.24) is 0 Å². The minimum Gasteiger partial charge on any atom is -0.351 e. The van der Waals surface area contributed by atoms with E-state index in [-0.39, 0.29) is 10.8 Å². The molecule has 3 aliphatic rings. The first-order chi connectivity index (χ1) is 11.8. The standard InChI is InChI=1S/C22H24O2/c1-23-22(24-2)20(16-10-5-3-6-11-16)18-14-9-15-19(18)21(20,22)17-12-7-4-8-13-17/h3-8,10-13,18-19H,9,14-15H2,1-2H3/t18-,19+,20-,21+. The van der Waals surface area contributed by atoms with E-state index in [1.165, 1.54) is 30.4 Å². The minimum absolute atomic E-state index is 0.0483. The van der Waals surface area contributed by atoms with Crippen molar-refractivity contribution >= 4 is 0 Å². The molecule has 0 bridgehead atoms. The monoisotopic (exact) mass is 320 g/mol. The van der Waals surface area contributed by atoms with Crippen LogP contribution in [0.3, 0.4) is 0 Å². The molecule has 0 saturated heterocycles. The van der Waals surface area contributed by atoms with Gasteiger partial charge in [-0.2, -0.15) is 0 Å². The number of methoxy groups -OCH3 is 2. The molecule has 0 radical (unpaired) electrons.